The van der Waals surface area contributed by atoms with Gasteiger partial charge in [0.05, 0.1) is 12.9 Å². The van der Waals surface area contributed by atoms with E-state index in [-0.39, 0.29) is 6.61 Å². The molecule has 2 fully saturated rings. The topological polar surface area (TPSA) is 117 Å². The highest BCUT2D eigenvalue weighted by atomic mass is 16.6. The largest absolute Gasteiger partial charge is 0.394 e. The van der Waals surface area contributed by atoms with Crippen molar-refractivity contribution in [1.29, 1.82) is 0 Å². The lowest BCUT2D eigenvalue weighted by Gasteiger charge is -2.27. The average Bonchev–Trinajstić information content (AvgIpc) is 3.17. The first-order valence-electron chi connectivity index (χ1n) is 8.25. The van der Waals surface area contributed by atoms with Crippen molar-refractivity contribution in [3.63, 3.8) is 0 Å². The van der Waals surface area contributed by atoms with Crippen LogP contribution in [0.25, 0.3) is 11.2 Å². The van der Waals surface area contributed by atoms with E-state index in [0.717, 1.165) is 31.7 Å². The van der Waals surface area contributed by atoms with Gasteiger partial charge in [0.15, 0.2) is 23.2 Å². The maximum Gasteiger partial charge on any atom is 0.167 e. The number of ether oxygens (including phenoxy) is 1. The Balaban J connectivity index is 1.71. The minimum absolute atomic E-state index is 0.366. The zero-order valence-electron chi connectivity index (χ0n) is 13.2. The van der Waals surface area contributed by atoms with E-state index in [0.29, 0.717) is 11.2 Å². The van der Waals surface area contributed by atoms with Crippen LogP contribution in [-0.4, -0.2) is 72.8 Å². The molecule has 0 radical (unpaired) electrons. The van der Waals surface area contributed by atoms with Crippen molar-refractivity contribution in [2.45, 2.75) is 43.8 Å². The van der Waals surface area contributed by atoms with E-state index in [9.17, 15) is 15.3 Å². The summed E-state index contributed by atoms with van der Waals surface area (Å²) in [6.45, 7) is 1.51. The van der Waals surface area contributed by atoms with Crippen molar-refractivity contribution in [2.75, 3.05) is 24.6 Å². The Morgan fingerprint density at radius 1 is 1.08 bits per heavy atom. The van der Waals surface area contributed by atoms with Crippen LogP contribution in [-0.2, 0) is 4.74 Å². The first-order chi connectivity index (χ1) is 11.7. The number of aliphatic hydroxyl groups excluding tert-OH is 3. The van der Waals surface area contributed by atoms with Gasteiger partial charge in [0, 0.05) is 13.1 Å². The van der Waals surface area contributed by atoms with E-state index < -0.39 is 24.5 Å². The van der Waals surface area contributed by atoms with Gasteiger partial charge >= 0.3 is 0 Å². The van der Waals surface area contributed by atoms with Crippen molar-refractivity contribution in [3.05, 3.63) is 12.7 Å². The highest BCUT2D eigenvalue weighted by molar-refractivity contribution is 5.83. The highest BCUT2D eigenvalue weighted by Crippen LogP contribution is 2.33. The summed E-state index contributed by atoms with van der Waals surface area (Å²) in [5, 5.41) is 29.4. The molecule has 0 amide bonds. The van der Waals surface area contributed by atoms with Crippen molar-refractivity contribution in [2.24, 2.45) is 0 Å². The number of aromatic nitrogens is 4. The highest BCUT2D eigenvalue weighted by Gasteiger charge is 2.44. The first-order valence-corrected chi connectivity index (χ1v) is 8.25. The monoisotopic (exact) mass is 335 g/mol. The molecular formula is C15H21N5O4. The van der Waals surface area contributed by atoms with Crippen LogP contribution in [0.2, 0.25) is 0 Å². The number of hydrogen-bond acceptors (Lipinski definition) is 8. The van der Waals surface area contributed by atoms with Crippen LogP contribution in [0.5, 0.6) is 0 Å². The summed E-state index contributed by atoms with van der Waals surface area (Å²) in [7, 11) is 0. The molecule has 2 saturated heterocycles. The molecule has 0 bridgehead atoms. The Bertz CT molecular complexity index is 717. The minimum Gasteiger partial charge on any atom is -0.394 e. The quantitative estimate of drug-likeness (QED) is 0.683. The summed E-state index contributed by atoms with van der Waals surface area (Å²) < 4.78 is 7.16. The van der Waals surface area contributed by atoms with Gasteiger partial charge in [0.25, 0.3) is 0 Å². The molecule has 0 aromatic carbocycles. The number of aliphatic hydroxyl groups is 3. The van der Waals surface area contributed by atoms with Crippen LogP contribution in [0.3, 0.4) is 0 Å². The molecule has 9 heteroatoms. The van der Waals surface area contributed by atoms with Crippen LogP contribution < -0.4 is 4.90 Å². The standard InChI is InChI=1S/C15H21N5O4/c21-6-9-11(22)12(23)15(24-9)20-8-18-10-13(16-7-17-14(10)20)19-4-2-1-3-5-19/h7-9,11-12,15,21-23H,1-6H2/t9-,11+,12-,15-/m0/s1. The number of hydrogen-bond donors (Lipinski definition) is 3. The third-order valence-electron chi connectivity index (χ3n) is 4.79. The SMILES string of the molecule is OC[C@@H]1O[C@H](n2cnc3c(N4CCCCC4)ncnc32)[C@@H](O)[C@@H]1O. The van der Waals surface area contributed by atoms with Crippen LogP contribution in [0, 0.1) is 0 Å². The molecule has 2 aromatic rings. The number of rotatable bonds is 3. The fourth-order valence-corrected chi connectivity index (χ4v) is 3.47. The number of anilines is 1. The number of nitrogens with zero attached hydrogens (tertiary/aromatic N) is 5. The Kier molecular flexibility index (Phi) is 4.09. The van der Waals surface area contributed by atoms with Gasteiger partial charge in [-0.25, -0.2) is 15.0 Å². The number of piperidine rings is 1. The first kappa shape index (κ1) is 15.7. The van der Waals surface area contributed by atoms with Crippen LogP contribution in [0.15, 0.2) is 12.7 Å². The zero-order chi connectivity index (χ0) is 16.7. The molecule has 0 unspecified atom stereocenters. The maximum atomic E-state index is 10.2. The second-order valence-electron chi connectivity index (χ2n) is 6.30. The van der Waals surface area contributed by atoms with Gasteiger partial charge in [-0.1, -0.05) is 0 Å². The summed E-state index contributed by atoms with van der Waals surface area (Å²) in [4.78, 5) is 15.3. The van der Waals surface area contributed by atoms with Crippen molar-refractivity contribution in [1.82, 2.24) is 19.5 Å². The Labute approximate surface area is 138 Å². The van der Waals surface area contributed by atoms with Crippen LogP contribution in [0.4, 0.5) is 5.82 Å². The molecule has 4 rings (SSSR count). The van der Waals surface area contributed by atoms with E-state index >= 15 is 0 Å². The van der Waals surface area contributed by atoms with Gasteiger partial charge in [-0.3, -0.25) is 4.57 Å². The summed E-state index contributed by atoms with van der Waals surface area (Å²) in [5.74, 6) is 0.783. The fourth-order valence-electron chi connectivity index (χ4n) is 3.47. The third-order valence-corrected chi connectivity index (χ3v) is 4.79. The van der Waals surface area contributed by atoms with E-state index in [1.54, 1.807) is 4.57 Å². The van der Waals surface area contributed by atoms with Gasteiger partial charge in [-0.05, 0) is 19.3 Å². The maximum absolute atomic E-state index is 10.2. The predicted molar refractivity (Wildman–Crippen MR) is 84.4 cm³/mol. The lowest BCUT2D eigenvalue weighted by atomic mass is 10.1. The molecule has 130 valence electrons. The number of imidazole rings is 1. The molecule has 2 aliphatic heterocycles. The predicted octanol–water partition coefficient (Wildman–Crippen LogP) is -0.572. The van der Waals surface area contributed by atoms with Gasteiger partial charge in [-0.2, -0.15) is 0 Å². The van der Waals surface area contributed by atoms with E-state index in [2.05, 4.69) is 19.9 Å². The molecule has 2 aliphatic rings. The molecule has 4 atom stereocenters. The molecule has 2 aromatic heterocycles. The van der Waals surface area contributed by atoms with E-state index in [4.69, 9.17) is 4.74 Å². The Hall–Kier alpha value is -1.81. The smallest absolute Gasteiger partial charge is 0.167 e. The Morgan fingerprint density at radius 3 is 2.58 bits per heavy atom. The van der Waals surface area contributed by atoms with Gasteiger partial charge in [0.1, 0.15) is 24.6 Å². The third kappa shape index (κ3) is 2.44. The van der Waals surface area contributed by atoms with E-state index in [1.807, 2.05) is 0 Å². The summed E-state index contributed by atoms with van der Waals surface area (Å²) in [5.41, 5.74) is 1.19. The van der Waals surface area contributed by atoms with Crippen molar-refractivity contribution >= 4 is 17.0 Å². The van der Waals surface area contributed by atoms with Crippen LogP contribution >= 0.6 is 0 Å². The molecular weight excluding hydrogens is 314 g/mol. The average molecular weight is 335 g/mol. The van der Waals surface area contributed by atoms with Crippen molar-refractivity contribution < 1.29 is 20.1 Å². The zero-order valence-corrected chi connectivity index (χ0v) is 13.2. The van der Waals surface area contributed by atoms with Crippen molar-refractivity contribution in [3.8, 4) is 0 Å². The summed E-state index contributed by atoms with van der Waals surface area (Å²) in [6.07, 6.45) is 2.51. The second-order valence-corrected chi connectivity index (χ2v) is 6.30. The molecule has 3 N–H and O–H groups in total. The Morgan fingerprint density at radius 2 is 1.88 bits per heavy atom. The summed E-state index contributed by atoms with van der Waals surface area (Å²) in [6, 6.07) is 0. The lowest BCUT2D eigenvalue weighted by Crippen LogP contribution is -2.33. The molecule has 0 aliphatic carbocycles. The second kappa shape index (κ2) is 6.25. The minimum atomic E-state index is -1.16. The summed E-state index contributed by atoms with van der Waals surface area (Å²) >= 11 is 0. The molecule has 24 heavy (non-hydrogen) atoms. The molecule has 0 spiro atoms. The van der Waals surface area contributed by atoms with E-state index in [1.165, 1.54) is 19.1 Å². The fraction of sp³-hybridized carbons (Fsp3) is 0.667. The molecule has 0 saturated carbocycles. The lowest BCUT2D eigenvalue weighted by molar-refractivity contribution is -0.0511. The van der Waals surface area contributed by atoms with Gasteiger partial charge < -0.3 is 25.0 Å². The normalized spacial score (nSPS) is 31.0. The molecule has 9 nitrogen and oxygen atoms in total. The van der Waals surface area contributed by atoms with Crippen LogP contribution in [0.1, 0.15) is 25.5 Å². The number of fused-ring (bicyclic) bond motifs is 1. The van der Waals surface area contributed by atoms with Gasteiger partial charge in [0.2, 0.25) is 0 Å². The molecule has 4 heterocycles. The van der Waals surface area contributed by atoms with Gasteiger partial charge in [-0.15, -0.1) is 0 Å².